The minimum Gasteiger partial charge on any atom is -0.484 e. The second-order valence-electron chi connectivity index (χ2n) is 6.42. The fourth-order valence-corrected chi connectivity index (χ4v) is 2.48. The Kier molecular flexibility index (Phi) is 7.49. The second-order valence-corrected chi connectivity index (χ2v) is 6.42. The minimum atomic E-state index is -0.187. The van der Waals surface area contributed by atoms with Crippen LogP contribution in [0.2, 0.25) is 0 Å². The van der Waals surface area contributed by atoms with E-state index in [1.54, 1.807) is 24.3 Å². The number of nitrogens with one attached hydrogen (secondary N) is 2. The van der Waals surface area contributed by atoms with Crippen LogP contribution in [-0.2, 0) is 16.0 Å². The zero-order valence-corrected chi connectivity index (χ0v) is 15.8. The molecule has 0 heterocycles. The molecule has 1 aliphatic rings. The first-order valence-corrected chi connectivity index (χ1v) is 8.75. The number of rotatable bonds is 8. The van der Waals surface area contributed by atoms with Crippen LogP contribution in [0.25, 0.3) is 0 Å². The smallest absolute Gasteiger partial charge is 0.257 e. The number of anilines is 2. The van der Waals surface area contributed by atoms with Crippen LogP contribution < -0.4 is 21.1 Å². The van der Waals surface area contributed by atoms with Crippen LogP contribution in [-0.4, -0.2) is 25.0 Å². The molecule has 4 N–H and O–H groups in total. The summed E-state index contributed by atoms with van der Waals surface area (Å²) >= 11 is 0. The zero-order chi connectivity index (χ0) is 18.4. The molecule has 3 rings (SSSR count). The first-order chi connectivity index (χ1) is 12.6. The first kappa shape index (κ1) is 20.6. The molecule has 1 fully saturated rings. The highest BCUT2D eigenvalue weighted by Gasteiger charge is 2.29. The minimum absolute atomic E-state index is 0. The van der Waals surface area contributed by atoms with Crippen molar-refractivity contribution in [3.8, 4) is 5.75 Å². The van der Waals surface area contributed by atoms with E-state index in [0.29, 0.717) is 18.0 Å². The first-order valence-electron chi connectivity index (χ1n) is 8.75. The molecule has 1 saturated carbocycles. The Morgan fingerprint density at radius 1 is 1.11 bits per heavy atom. The van der Waals surface area contributed by atoms with Crippen LogP contribution in [0.15, 0.2) is 48.5 Å². The molecular formula is C20H24ClN3O3. The van der Waals surface area contributed by atoms with Crippen molar-refractivity contribution in [2.24, 2.45) is 5.92 Å². The molecule has 27 heavy (non-hydrogen) atoms. The van der Waals surface area contributed by atoms with Crippen molar-refractivity contribution >= 4 is 35.6 Å². The lowest BCUT2D eigenvalue weighted by molar-refractivity contribution is -0.123. The lowest BCUT2D eigenvalue weighted by atomic mass is 10.1. The Morgan fingerprint density at radius 3 is 2.56 bits per heavy atom. The molecule has 144 valence electrons. The van der Waals surface area contributed by atoms with E-state index in [1.807, 2.05) is 24.3 Å². The quantitative estimate of drug-likeness (QED) is 0.605. The summed E-state index contributed by atoms with van der Waals surface area (Å²) in [7, 11) is 0. The van der Waals surface area contributed by atoms with Gasteiger partial charge in [-0.25, -0.2) is 0 Å². The molecule has 2 amide bonds. The molecule has 0 bridgehead atoms. The predicted molar refractivity (Wildman–Crippen MR) is 108 cm³/mol. The average Bonchev–Trinajstić information content (AvgIpc) is 3.47. The van der Waals surface area contributed by atoms with Crippen molar-refractivity contribution in [3.05, 3.63) is 54.1 Å². The average molecular weight is 390 g/mol. The monoisotopic (exact) mass is 389 g/mol. The lowest BCUT2D eigenvalue weighted by Gasteiger charge is -2.10. The number of halogens is 1. The normalized spacial score (nSPS) is 12.6. The van der Waals surface area contributed by atoms with Crippen LogP contribution in [0.5, 0.6) is 5.75 Å². The van der Waals surface area contributed by atoms with E-state index in [9.17, 15) is 9.59 Å². The third-order valence-corrected chi connectivity index (χ3v) is 4.14. The fraction of sp³-hybridized carbons (Fsp3) is 0.300. The third kappa shape index (κ3) is 6.83. The van der Waals surface area contributed by atoms with E-state index in [4.69, 9.17) is 10.5 Å². The van der Waals surface area contributed by atoms with E-state index in [1.165, 1.54) is 0 Å². The summed E-state index contributed by atoms with van der Waals surface area (Å²) in [6.07, 6.45) is 2.64. The van der Waals surface area contributed by atoms with Gasteiger partial charge in [0.1, 0.15) is 5.75 Å². The lowest BCUT2D eigenvalue weighted by Crippen LogP contribution is -2.30. The molecule has 1 aliphatic carbocycles. The summed E-state index contributed by atoms with van der Waals surface area (Å²) in [5.74, 6) is 0.550. The maximum atomic E-state index is 11.9. The predicted octanol–water partition coefficient (Wildman–Crippen LogP) is 2.78. The summed E-state index contributed by atoms with van der Waals surface area (Å²) in [6, 6.07) is 14.6. The Morgan fingerprint density at radius 2 is 1.85 bits per heavy atom. The zero-order valence-electron chi connectivity index (χ0n) is 14.9. The topological polar surface area (TPSA) is 93.4 Å². The van der Waals surface area contributed by atoms with Gasteiger partial charge in [-0.1, -0.05) is 18.2 Å². The van der Waals surface area contributed by atoms with Gasteiger partial charge in [-0.2, -0.15) is 0 Å². The van der Waals surface area contributed by atoms with E-state index < -0.39 is 0 Å². The molecule has 6 nitrogen and oxygen atoms in total. The van der Waals surface area contributed by atoms with E-state index in [0.717, 1.165) is 30.5 Å². The van der Waals surface area contributed by atoms with Gasteiger partial charge in [-0.15, -0.1) is 12.4 Å². The summed E-state index contributed by atoms with van der Waals surface area (Å²) in [5.41, 5.74) is 8.16. The Balaban J connectivity index is 0.00000261. The number of hydrogen-bond donors (Lipinski definition) is 3. The largest absolute Gasteiger partial charge is 0.484 e. The molecular weight excluding hydrogens is 366 g/mol. The molecule has 2 aromatic rings. The maximum Gasteiger partial charge on any atom is 0.257 e. The van der Waals surface area contributed by atoms with E-state index in [2.05, 4.69) is 10.6 Å². The highest BCUT2D eigenvalue weighted by Crippen LogP contribution is 2.30. The van der Waals surface area contributed by atoms with Gasteiger partial charge in [0.05, 0.1) is 0 Å². The molecule has 0 unspecified atom stereocenters. The Hall–Kier alpha value is -2.73. The number of nitrogens with two attached hydrogens (primary N) is 1. The van der Waals surface area contributed by atoms with Gasteiger partial charge in [-0.05, 0) is 49.1 Å². The summed E-state index contributed by atoms with van der Waals surface area (Å²) in [5, 5.41) is 5.68. The highest BCUT2D eigenvalue weighted by molar-refractivity contribution is 5.94. The number of nitrogen functional groups attached to an aromatic ring is 1. The van der Waals surface area contributed by atoms with Gasteiger partial charge in [-0.3, -0.25) is 9.59 Å². The molecule has 0 radical (unpaired) electrons. The van der Waals surface area contributed by atoms with Gasteiger partial charge >= 0.3 is 0 Å². The number of ether oxygens (including phenoxy) is 1. The summed E-state index contributed by atoms with van der Waals surface area (Å²) in [6.45, 7) is 0.464. The van der Waals surface area contributed by atoms with Crippen LogP contribution in [0, 0.1) is 5.92 Å². The SMILES string of the molecule is Cl.Nc1ccc(CCNC(=O)COc2cccc(NC(=O)C3CC3)c2)cc1. The van der Waals surface area contributed by atoms with Crippen molar-refractivity contribution in [3.63, 3.8) is 0 Å². The van der Waals surface area contributed by atoms with Gasteiger partial charge in [0.2, 0.25) is 5.91 Å². The van der Waals surface area contributed by atoms with Crippen molar-refractivity contribution < 1.29 is 14.3 Å². The molecule has 2 aromatic carbocycles. The van der Waals surface area contributed by atoms with Gasteiger partial charge in [0.15, 0.2) is 6.61 Å². The maximum absolute atomic E-state index is 11.9. The van der Waals surface area contributed by atoms with Gasteiger partial charge in [0, 0.05) is 29.9 Å². The van der Waals surface area contributed by atoms with Crippen LogP contribution >= 0.6 is 12.4 Å². The molecule has 7 heteroatoms. The van der Waals surface area contributed by atoms with Crippen LogP contribution in [0.4, 0.5) is 11.4 Å². The highest BCUT2D eigenvalue weighted by atomic mass is 35.5. The fourth-order valence-electron chi connectivity index (χ4n) is 2.48. The Labute approximate surface area is 164 Å². The summed E-state index contributed by atoms with van der Waals surface area (Å²) < 4.78 is 5.50. The molecule has 0 spiro atoms. The number of carbonyl (C=O) groups excluding carboxylic acids is 2. The van der Waals surface area contributed by atoms with Crippen molar-refractivity contribution in [1.29, 1.82) is 0 Å². The second kappa shape index (κ2) is 9.83. The molecule has 0 aromatic heterocycles. The van der Waals surface area contributed by atoms with Gasteiger partial charge < -0.3 is 21.1 Å². The number of carbonyl (C=O) groups is 2. The van der Waals surface area contributed by atoms with E-state index in [-0.39, 0.29) is 36.7 Å². The van der Waals surface area contributed by atoms with Crippen molar-refractivity contribution in [1.82, 2.24) is 5.32 Å². The van der Waals surface area contributed by atoms with Crippen molar-refractivity contribution in [2.45, 2.75) is 19.3 Å². The Bertz CT molecular complexity index is 776. The summed E-state index contributed by atoms with van der Waals surface area (Å²) in [4.78, 5) is 23.7. The van der Waals surface area contributed by atoms with Crippen LogP contribution in [0.1, 0.15) is 18.4 Å². The molecule has 0 atom stereocenters. The number of amides is 2. The molecule has 0 saturated heterocycles. The molecule has 0 aliphatic heterocycles. The van der Waals surface area contributed by atoms with Crippen molar-refractivity contribution in [2.75, 3.05) is 24.2 Å². The van der Waals surface area contributed by atoms with E-state index >= 15 is 0 Å². The third-order valence-electron chi connectivity index (χ3n) is 4.14. The van der Waals surface area contributed by atoms with Gasteiger partial charge in [0.25, 0.3) is 5.91 Å². The standard InChI is InChI=1S/C20H23N3O3.ClH/c21-16-8-4-14(5-9-16)10-11-22-19(24)13-26-18-3-1-2-17(12-18)23-20(25)15-6-7-15;/h1-5,8-9,12,15H,6-7,10-11,13,21H2,(H,22,24)(H,23,25);1H. The van der Waals surface area contributed by atoms with Crippen LogP contribution in [0.3, 0.4) is 0 Å². The number of hydrogen-bond acceptors (Lipinski definition) is 4. The number of benzene rings is 2.